The molecule has 88 valence electrons. The third-order valence-corrected chi connectivity index (χ3v) is 2.96. The second kappa shape index (κ2) is 4.58. The minimum atomic E-state index is -0.285. The Hall–Kier alpha value is -1.83. The highest BCUT2D eigenvalue weighted by Gasteiger charge is 2.09. The van der Waals surface area contributed by atoms with Gasteiger partial charge in [0.05, 0.1) is 0 Å². The number of aryl methyl sites for hydroxylation is 2. The fourth-order valence-electron chi connectivity index (χ4n) is 1.90. The summed E-state index contributed by atoms with van der Waals surface area (Å²) in [6, 6.07) is 10.1. The van der Waals surface area contributed by atoms with Crippen LogP contribution in [0.15, 0.2) is 36.4 Å². The van der Waals surface area contributed by atoms with Crippen molar-refractivity contribution < 1.29 is 9.50 Å². The van der Waals surface area contributed by atoms with Gasteiger partial charge in [-0.25, -0.2) is 4.39 Å². The van der Waals surface area contributed by atoms with E-state index >= 15 is 0 Å². The summed E-state index contributed by atoms with van der Waals surface area (Å²) in [5.41, 5.74) is 3.52. The van der Waals surface area contributed by atoms with Crippen LogP contribution < -0.4 is 0 Å². The monoisotopic (exact) mass is 230 g/mol. The van der Waals surface area contributed by atoms with Crippen molar-refractivity contribution in [2.75, 3.05) is 0 Å². The molecule has 0 saturated carbocycles. The lowest BCUT2D eigenvalue weighted by atomic mass is 9.97. The van der Waals surface area contributed by atoms with Crippen LogP contribution in [0.5, 0.6) is 5.75 Å². The van der Waals surface area contributed by atoms with E-state index in [9.17, 15) is 9.50 Å². The minimum Gasteiger partial charge on any atom is -0.507 e. The third kappa shape index (κ3) is 2.31. The number of aromatic hydroxyl groups is 1. The Morgan fingerprint density at radius 2 is 1.82 bits per heavy atom. The Morgan fingerprint density at radius 1 is 1.06 bits per heavy atom. The van der Waals surface area contributed by atoms with Crippen molar-refractivity contribution in [1.82, 2.24) is 0 Å². The maximum Gasteiger partial charge on any atom is 0.123 e. The van der Waals surface area contributed by atoms with E-state index in [-0.39, 0.29) is 11.6 Å². The van der Waals surface area contributed by atoms with Gasteiger partial charge in [-0.15, -0.1) is 0 Å². The van der Waals surface area contributed by atoms with E-state index in [0.717, 1.165) is 23.1 Å². The molecule has 0 heterocycles. The first-order chi connectivity index (χ1) is 8.11. The predicted molar refractivity (Wildman–Crippen MR) is 67.6 cm³/mol. The summed E-state index contributed by atoms with van der Waals surface area (Å²) in [7, 11) is 0. The number of rotatable bonds is 2. The van der Waals surface area contributed by atoms with E-state index in [1.165, 1.54) is 12.1 Å². The Kier molecular flexibility index (Phi) is 3.14. The van der Waals surface area contributed by atoms with E-state index in [0.29, 0.717) is 5.56 Å². The smallest absolute Gasteiger partial charge is 0.123 e. The summed E-state index contributed by atoms with van der Waals surface area (Å²) in [6.45, 7) is 3.96. The molecule has 2 aromatic rings. The van der Waals surface area contributed by atoms with Crippen LogP contribution in [0, 0.1) is 12.7 Å². The van der Waals surface area contributed by atoms with Gasteiger partial charge in [0.1, 0.15) is 11.6 Å². The average molecular weight is 230 g/mol. The Labute approximate surface area is 101 Å². The molecule has 0 amide bonds. The maximum atomic E-state index is 13.3. The van der Waals surface area contributed by atoms with Gasteiger partial charge in [0.25, 0.3) is 0 Å². The Bertz CT molecular complexity index is 547. The first-order valence-corrected chi connectivity index (χ1v) is 5.70. The zero-order valence-corrected chi connectivity index (χ0v) is 10.00. The lowest BCUT2D eigenvalue weighted by Gasteiger charge is -2.10. The molecule has 0 saturated heterocycles. The van der Waals surface area contributed by atoms with Gasteiger partial charge in [-0.1, -0.05) is 19.1 Å². The number of phenols is 1. The molecule has 0 unspecified atom stereocenters. The van der Waals surface area contributed by atoms with E-state index in [2.05, 4.69) is 6.92 Å². The standard InChI is InChI=1S/C15H15FO/c1-3-11-5-7-15(17)14(8-11)13-9-12(16)6-4-10(13)2/h4-9,17H,3H2,1-2H3. The van der Waals surface area contributed by atoms with E-state index < -0.39 is 0 Å². The molecule has 17 heavy (non-hydrogen) atoms. The quantitative estimate of drug-likeness (QED) is 0.824. The van der Waals surface area contributed by atoms with E-state index in [4.69, 9.17) is 0 Å². The summed E-state index contributed by atoms with van der Waals surface area (Å²) in [5.74, 6) is -0.0946. The molecule has 1 nitrogen and oxygen atoms in total. The number of hydrogen-bond acceptors (Lipinski definition) is 1. The van der Waals surface area contributed by atoms with Gasteiger partial charge in [-0.05, 0) is 54.3 Å². The van der Waals surface area contributed by atoms with Crippen molar-refractivity contribution >= 4 is 0 Å². The van der Waals surface area contributed by atoms with Crippen LogP contribution in [0.3, 0.4) is 0 Å². The summed E-state index contributed by atoms with van der Waals surface area (Å²) in [4.78, 5) is 0. The number of hydrogen-bond donors (Lipinski definition) is 1. The molecule has 0 aliphatic heterocycles. The molecular formula is C15H15FO. The van der Waals surface area contributed by atoms with Crippen LogP contribution in [0.25, 0.3) is 11.1 Å². The lowest BCUT2D eigenvalue weighted by Crippen LogP contribution is -1.88. The van der Waals surface area contributed by atoms with E-state index in [1.54, 1.807) is 12.1 Å². The summed E-state index contributed by atoms with van der Waals surface area (Å²) < 4.78 is 13.3. The summed E-state index contributed by atoms with van der Waals surface area (Å²) in [6.07, 6.45) is 0.891. The van der Waals surface area contributed by atoms with E-state index in [1.807, 2.05) is 19.1 Å². The van der Waals surface area contributed by atoms with Crippen molar-refractivity contribution in [3.05, 3.63) is 53.3 Å². The maximum absolute atomic E-state index is 13.3. The van der Waals surface area contributed by atoms with Crippen LogP contribution in [0.4, 0.5) is 4.39 Å². The van der Waals surface area contributed by atoms with Crippen molar-refractivity contribution in [3.63, 3.8) is 0 Å². The molecule has 0 radical (unpaired) electrons. The van der Waals surface area contributed by atoms with Gasteiger partial charge in [-0.2, -0.15) is 0 Å². The molecule has 0 aliphatic rings. The molecule has 2 aromatic carbocycles. The topological polar surface area (TPSA) is 20.2 Å². The number of halogens is 1. The molecule has 0 bridgehead atoms. The third-order valence-electron chi connectivity index (χ3n) is 2.96. The summed E-state index contributed by atoms with van der Waals surface area (Å²) in [5, 5.41) is 9.88. The molecule has 0 aliphatic carbocycles. The van der Waals surface area contributed by atoms with Crippen LogP contribution >= 0.6 is 0 Å². The van der Waals surface area contributed by atoms with Crippen molar-refractivity contribution in [1.29, 1.82) is 0 Å². The molecule has 2 heteroatoms. The molecule has 0 atom stereocenters. The largest absolute Gasteiger partial charge is 0.507 e. The highest BCUT2D eigenvalue weighted by Crippen LogP contribution is 2.32. The molecule has 1 N–H and O–H groups in total. The number of benzene rings is 2. The zero-order valence-electron chi connectivity index (χ0n) is 10.00. The fourth-order valence-corrected chi connectivity index (χ4v) is 1.90. The highest BCUT2D eigenvalue weighted by molar-refractivity contribution is 5.73. The SMILES string of the molecule is CCc1ccc(O)c(-c2cc(F)ccc2C)c1. The summed E-state index contributed by atoms with van der Waals surface area (Å²) >= 11 is 0. The van der Waals surface area contributed by atoms with Crippen LogP contribution in [0.1, 0.15) is 18.1 Å². The molecule has 2 rings (SSSR count). The molecule has 0 spiro atoms. The van der Waals surface area contributed by atoms with Crippen LogP contribution in [-0.4, -0.2) is 5.11 Å². The first kappa shape index (κ1) is 11.6. The normalized spacial score (nSPS) is 10.5. The Morgan fingerprint density at radius 3 is 2.53 bits per heavy atom. The average Bonchev–Trinajstić information content (AvgIpc) is 2.33. The number of phenolic OH excluding ortho intramolecular Hbond substituents is 1. The van der Waals surface area contributed by atoms with Crippen molar-refractivity contribution in [3.8, 4) is 16.9 Å². The predicted octanol–water partition coefficient (Wildman–Crippen LogP) is 4.07. The van der Waals surface area contributed by atoms with Gasteiger partial charge < -0.3 is 5.11 Å². The lowest BCUT2D eigenvalue weighted by molar-refractivity contribution is 0.477. The van der Waals surface area contributed by atoms with Gasteiger partial charge in [0.2, 0.25) is 0 Å². The van der Waals surface area contributed by atoms with Gasteiger partial charge in [0.15, 0.2) is 0 Å². The van der Waals surface area contributed by atoms with Crippen molar-refractivity contribution in [2.45, 2.75) is 20.3 Å². The van der Waals surface area contributed by atoms with Gasteiger partial charge in [0, 0.05) is 5.56 Å². The highest BCUT2D eigenvalue weighted by atomic mass is 19.1. The second-order valence-electron chi connectivity index (χ2n) is 4.16. The Balaban J connectivity index is 2.62. The van der Waals surface area contributed by atoms with Crippen LogP contribution in [0.2, 0.25) is 0 Å². The van der Waals surface area contributed by atoms with Gasteiger partial charge in [-0.3, -0.25) is 0 Å². The zero-order chi connectivity index (χ0) is 12.4. The van der Waals surface area contributed by atoms with Gasteiger partial charge >= 0.3 is 0 Å². The first-order valence-electron chi connectivity index (χ1n) is 5.70. The molecule has 0 fully saturated rings. The fraction of sp³-hybridized carbons (Fsp3) is 0.200. The van der Waals surface area contributed by atoms with Crippen LogP contribution in [-0.2, 0) is 6.42 Å². The van der Waals surface area contributed by atoms with Crippen molar-refractivity contribution in [2.24, 2.45) is 0 Å². The molecule has 0 aromatic heterocycles. The minimum absolute atomic E-state index is 0.191. The molecular weight excluding hydrogens is 215 g/mol. The second-order valence-corrected chi connectivity index (χ2v) is 4.16.